The van der Waals surface area contributed by atoms with Crippen LogP contribution in [0.5, 0.6) is 0 Å². The smallest absolute Gasteiger partial charge is 0.284 e. The number of alkyl halides is 3. The van der Waals surface area contributed by atoms with Crippen molar-refractivity contribution in [3.63, 3.8) is 0 Å². The summed E-state index contributed by atoms with van der Waals surface area (Å²) in [6, 6.07) is 0. The summed E-state index contributed by atoms with van der Waals surface area (Å²) in [7, 11) is 0. The Labute approximate surface area is 44.3 Å². The number of rotatable bonds is 2. The van der Waals surface area contributed by atoms with E-state index in [-0.39, 0.29) is 0 Å². The average Bonchev–Trinajstić information content (AvgIpc) is 1.68. The standard InChI is InChI=1S/C3H2ClF2O/c4-1-3(5,6)2-7/h1H2. The second kappa shape index (κ2) is 2.21. The largest absolute Gasteiger partial charge is 0.326 e. The highest BCUT2D eigenvalue weighted by Crippen LogP contribution is 2.09. The van der Waals surface area contributed by atoms with Crippen LogP contribution in [0, 0.1) is 0 Å². The third-order valence-corrected chi connectivity index (χ3v) is 0.653. The summed E-state index contributed by atoms with van der Waals surface area (Å²) in [6.07, 6.45) is 0.476. The zero-order valence-electron chi connectivity index (χ0n) is 3.25. The van der Waals surface area contributed by atoms with Crippen molar-refractivity contribution < 1.29 is 13.6 Å². The van der Waals surface area contributed by atoms with Crippen LogP contribution in [0.4, 0.5) is 8.78 Å². The first-order valence-electron chi connectivity index (χ1n) is 1.45. The fourth-order valence-corrected chi connectivity index (χ4v) is 0.0818. The van der Waals surface area contributed by atoms with Gasteiger partial charge in [0.25, 0.3) is 6.29 Å². The Morgan fingerprint density at radius 3 is 2.14 bits per heavy atom. The zero-order valence-corrected chi connectivity index (χ0v) is 4.01. The summed E-state index contributed by atoms with van der Waals surface area (Å²) in [5.74, 6) is -4.45. The molecule has 0 spiro atoms. The lowest BCUT2D eigenvalue weighted by Gasteiger charge is -1.97. The molecule has 0 saturated carbocycles. The topological polar surface area (TPSA) is 17.1 Å². The fraction of sp³-hybridized carbons (Fsp3) is 0.667. The lowest BCUT2D eigenvalue weighted by atomic mass is 10.4. The highest BCUT2D eigenvalue weighted by molar-refractivity contribution is 6.19. The highest BCUT2D eigenvalue weighted by Gasteiger charge is 2.27. The van der Waals surface area contributed by atoms with Gasteiger partial charge in [0.15, 0.2) is 0 Å². The van der Waals surface area contributed by atoms with Crippen LogP contribution in [-0.4, -0.2) is 18.1 Å². The molecule has 1 radical (unpaired) electrons. The predicted molar refractivity (Wildman–Crippen MR) is 21.4 cm³/mol. The van der Waals surface area contributed by atoms with E-state index in [0.717, 1.165) is 0 Å². The van der Waals surface area contributed by atoms with Gasteiger partial charge in [-0.2, -0.15) is 8.78 Å². The molecular weight excluding hydrogens is 125 g/mol. The Morgan fingerprint density at radius 1 is 1.71 bits per heavy atom. The van der Waals surface area contributed by atoms with E-state index in [4.69, 9.17) is 4.79 Å². The summed E-state index contributed by atoms with van der Waals surface area (Å²) >= 11 is 4.58. The number of carbonyl (C=O) groups excluding carboxylic acids is 1. The third kappa shape index (κ3) is 2.51. The molecule has 1 nitrogen and oxygen atoms in total. The van der Waals surface area contributed by atoms with E-state index in [1.165, 1.54) is 0 Å². The molecule has 0 rings (SSSR count). The van der Waals surface area contributed by atoms with Crippen LogP contribution >= 0.6 is 11.6 Å². The minimum Gasteiger partial charge on any atom is -0.284 e. The Kier molecular flexibility index (Phi) is 2.15. The van der Waals surface area contributed by atoms with Gasteiger partial charge in [0.05, 0.1) is 5.88 Å². The van der Waals surface area contributed by atoms with Crippen LogP contribution < -0.4 is 0 Å². The lowest BCUT2D eigenvalue weighted by Crippen LogP contribution is -2.18. The predicted octanol–water partition coefficient (Wildman–Crippen LogP) is 0.970. The second-order valence-corrected chi connectivity index (χ2v) is 1.21. The van der Waals surface area contributed by atoms with Crippen LogP contribution in [0.25, 0.3) is 0 Å². The second-order valence-electron chi connectivity index (χ2n) is 0.940. The van der Waals surface area contributed by atoms with Gasteiger partial charge in [-0.15, -0.1) is 11.6 Å². The molecule has 41 valence electrons. The minimum absolute atomic E-state index is 0.476. The maximum atomic E-state index is 11.3. The highest BCUT2D eigenvalue weighted by atomic mass is 35.5. The van der Waals surface area contributed by atoms with E-state index in [2.05, 4.69) is 11.6 Å². The first kappa shape index (κ1) is 6.82. The molecule has 0 aliphatic rings. The molecule has 0 aliphatic heterocycles. The van der Waals surface area contributed by atoms with Crippen LogP contribution in [0.1, 0.15) is 0 Å². The van der Waals surface area contributed by atoms with Crippen molar-refractivity contribution in [1.82, 2.24) is 0 Å². The van der Waals surface area contributed by atoms with E-state index in [0.29, 0.717) is 6.29 Å². The van der Waals surface area contributed by atoms with Crippen molar-refractivity contribution in [2.24, 2.45) is 0 Å². The van der Waals surface area contributed by atoms with Crippen molar-refractivity contribution in [1.29, 1.82) is 0 Å². The first-order chi connectivity index (χ1) is 3.12. The van der Waals surface area contributed by atoms with E-state index in [1.807, 2.05) is 0 Å². The van der Waals surface area contributed by atoms with E-state index in [9.17, 15) is 8.78 Å². The zero-order chi connectivity index (χ0) is 5.91. The molecule has 0 atom stereocenters. The average molecular weight is 127 g/mol. The third-order valence-electron chi connectivity index (χ3n) is 0.317. The van der Waals surface area contributed by atoms with Gasteiger partial charge in [-0.1, -0.05) is 0 Å². The molecule has 0 bridgehead atoms. The van der Waals surface area contributed by atoms with Gasteiger partial charge in [-0.3, -0.25) is 4.79 Å². The van der Waals surface area contributed by atoms with E-state index < -0.39 is 11.8 Å². The summed E-state index contributed by atoms with van der Waals surface area (Å²) in [4.78, 5) is 9.10. The monoisotopic (exact) mass is 127 g/mol. The quantitative estimate of drug-likeness (QED) is 0.505. The maximum Gasteiger partial charge on any atom is 0.326 e. The van der Waals surface area contributed by atoms with Gasteiger partial charge < -0.3 is 0 Å². The molecule has 7 heavy (non-hydrogen) atoms. The number of halogens is 3. The summed E-state index contributed by atoms with van der Waals surface area (Å²) < 4.78 is 22.7. The van der Waals surface area contributed by atoms with Crippen LogP contribution in [0.2, 0.25) is 0 Å². The molecule has 0 saturated heterocycles. The van der Waals surface area contributed by atoms with Crippen molar-refractivity contribution in [2.45, 2.75) is 5.92 Å². The number of hydrogen-bond acceptors (Lipinski definition) is 1. The normalized spacial score (nSPS) is 11.3. The van der Waals surface area contributed by atoms with Crippen molar-refractivity contribution in [2.75, 3.05) is 5.88 Å². The van der Waals surface area contributed by atoms with Crippen LogP contribution in [-0.2, 0) is 4.79 Å². The van der Waals surface area contributed by atoms with E-state index >= 15 is 0 Å². The van der Waals surface area contributed by atoms with Crippen LogP contribution in [0.15, 0.2) is 0 Å². The van der Waals surface area contributed by atoms with Gasteiger partial charge in [0, 0.05) is 0 Å². The van der Waals surface area contributed by atoms with Gasteiger partial charge >= 0.3 is 5.92 Å². The molecule has 0 heterocycles. The Morgan fingerprint density at radius 2 is 2.14 bits per heavy atom. The molecule has 0 aromatic rings. The molecule has 0 aliphatic carbocycles. The van der Waals surface area contributed by atoms with Gasteiger partial charge in [-0.25, -0.2) is 0 Å². The summed E-state index contributed by atoms with van der Waals surface area (Å²) in [5.41, 5.74) is 0. The van der Waals surface area contributed by atoms with Crippen molar-refractivity contribution in [3.05, 3.63) is 0 Å². The van der Waals surface area contributed by atoms with Crippen LogP contribution in [0.3, 0.4) is 0 Å². The summed E-state index contributed by atoms with van der Waals surface area (Å²) in [6.45, 7) is 0. The molecule has 0 N–H and O–H groups in total. The molecule has 0 fully saturated rings. The Balaban J connectivity index is 3.58. The SMILES string of the molecule is O=[C]C(F)(F)CCl. The van der Waals surface area contributed by atoms with E-state index in [1.54, 1.807) is 0 Å². The Hall–Kier alpha value is -0.180. The minimum atomic E-state index is -3.46. The van der Waals surface area contributed by atoms with Gasteiger partial charge in [0.1, 0.15) is 0 Å². The first-order valence-corrected chi connectivity index (χ1v) is 1.99. The summed E-state index contributed by atoms with van der Waals surface area (Å²) in [5, 5.41) is 0. The number of hydrogen-bond donors (Lipinski definition) is 0. The van der Waals surface area contributed by atoms with Crippen molar-refractivity contribution >= 4 is 17.9 Å². The molecule has 0 aromatic carbocycles. The molecule has 0 aromatic heterocycles. The van der Waals surface area contributed by atoms with Crippen molar-refractivity contribution in [3.8, 4) is 0 Å². The molecular formula is C3H2ClF2O. The molecule has 4 heteroatoms. The Bertz CT molecular complexity index is 73.3. The maximum absolute atomic E-state index is 11.3. The van der Waals surface area contributed by atoms with Gasteiger partial charge in [0.2, 0.25) is 0 Å². The lowest BCUT2D eigenvalue weighted by molar-refractivity contribution is 0.100. The molecule has 0 unspecified atom stereocenters. The van der Waals surface area contributed by atoms with Gasteiger partial charge in [-0.05, 0) is 0 Å². The molecule has 0 amide bonds. The fourth-order valence-electron chi connectivity index (χ4n) is 0.0273.